The third-order valence-electron chi connectivity index (χ3n) is 1.33. The Kier molecular flexibility index (Phi) is 7.23. The zero-order valence-corrected chi connectivity index (χ0v) is 7.39. The molecule has 0 aliphatic carbocycles. The fraction of sp³-hybridized carbons (Fsp3) is 0.778. The topological polar surface area (TPSA) is 21.3 Å². The van der Waals surface area contributed by atoms with Crippen LogP contribution in [0.3, 0.4) is 0 Å². The minimum Gasteiger partial charge on any atom is -0.379 e. The van der Waals surface area contributed by atoms with Crippen LogP contribution in [0.2, 0.25) is 0 Å². The first-order valence-electron chi connectivity index (χ1n) is 4.12. The molecule has 0 radical (unpaired) electrons. The molecule has 2 nitrogen and oxygen atoms in total. The predicted octanol–water partition coefficient (Wildman–Crippen LogP) is 1.02. The third kappa shape index (κ3) is 5.90. The molecule has 1 unspecified atom stereocenters. The highest BCUT2D eigenvalue weighted by Crippen LogP contribution is 1.84. The Balaban J connectivity index is 3.35. The zero-order chi connectivity index (χ0) is 8.53. The Morgan fingerprint density at radius 3 is 2.73 bits per heavy atom. The van der Waals surface area contributed by atoms with E-state index in [2.05, 4.69) is 18.2 Å². The summed E-state index contributed by atoms with van der Waals surface area (Å²) in [7, 11) is 0. The fourth-order valence-corrected chi connectivity index (χ4v) is 0.720. The Morgan fingerprint density at radius 1 is 1.55 bits per heavy atom. The molecule has 0 aromatic rings. The van der Waals surface area contributed by atoms with Crippen LogP contribution in [-0.2, 0) is 4.74 Å². The van der Waals surface area contributed by atoms with Crippen LogP contribution in [0.5, 0.6) is 0 Å². The molecule has 0 spiro atoms. The van der Waals surface area contributed by atoms with Crippen molar-refractivity contribution in [3.8, 4) is 12.3 Å². The van der Waals surface area contributed by atoms with E-state index >= 15 is 0 Å². The molecule has 0 saturated carbocycles. The second kappa shape index (κ2) is 7.59. The maximum absolute atomic E-state index is 5.26. The molecular weight excluding hydrogens is 138 g/mol. The highest BCUT2D eigenvalue weighted by molar-refractivity contribution is 4.98. The van der Waals surface area contributed by atoms with E-state index in [1.807, 2.05) is 6.92 Å². The largest absolute Gasteiger partial charge is 0.379 e. The predicted molar refractivity (Wildman–Crippen MR) is 47.4 cm³/mol. The average Bonchev–Trinajstić information content (AvgIpc) is 2.05. The quantitative estimate of drug-likeness (QED) is 0.578. The van der Waals surface area contributed by atoms with Gasteiger partial charge in [0.2, 0.25) is 0 Å². The van der Waals surface area contributed by atoms with Gasteiger partial charge in [0.25, 0.3) is 0 Å². The molecule has 0 bridgehead atoms. The second-order valence-corrected chi connectivity index (χ2v) is 2.33. The lowest BCUT2D eigenvalue weighted by molar-refractivity contribution is 0.136. The van der Waals surface area contributed by atoms with Gasteiger partial charge in [-0.3, -0.25) is 0 Å². The lowest BCUT2D eigenvalue weighted by Crippen LogP contribution is -2.32. The highest BCUT2D eigenvalue weighted by atomic mass is 16.5. The summed E-state index contributed by atoms with van der Waals surface area (Å²) in [5, 5.41) is 3.19. The number of nitrogens with one attached hydrogen (secondary N) is 1. The first-order chi connectivity index (χ1) is 5.35. The molecule has 1 N–H and O–H groups in total. The number of hydrogen-bond donors (Lipinski definition) is 1. The average molecular weight is 155 g/mol. The molecule has 0 rings (SSSR count). The lowest BCUT2D eigenvalue weighted by atomic mass is 10.3. The minimum atomic E-state index is 0.0786. The zero-order valence-electron chi connectivity index (χ0n) is 7.39. The van der Waals surface area contributed by atoms with Crippen molar-refractivity contribution in [3.05, 3.63) is 0 Å². The maximum atomic E-state index is 5.26. The van der Waals surface area contributed by atoms with E-state index in [-0.39, 0.29) is 6.04 Å². The van der Waals surface area contributed by atoms with Crippen LogP contribution in [-0.4, -0.2) is 25.8 Å². The van der Waals surface area contributed by atoms with Crippen molar-refractivity contribution in [3.63, 3.8) is 0 Å². The Morgan fingerprint density at radius 2 is 2.27 bits per heavy atom. The van der Waals surface area contributed by atoms with Gasteiger partial charge in [0.05, 0.1) is 12.6 Å². The molecular formula is C9H17NO. The van der Waals surface area contributed by atoms with Crippen LogP contribution < -0.4 is 5.32 Å². The monoisotopic (exact) mass is 155 g/mol. The van der Waals surface area contributed by atoms with Gasteiger partial charge in [0.1, 0.15) is 0 Å². The van der Waals surface area contributed by atoms with E-state index < -0.39 is 0 Å². The van der Waals surface area contributed by atoms with Gasteiger partial charge in [-0.05, 0) is 19.9 Å². The highest BCUT2D eigenvalue weighted by Gasteiger charge is 2.00. The molecule has 0 aliphatic heterocycles. The van der Waals surface area contributed by atoms with Crippen molar-refractivity contribution in [1.29, 1.82) is 0 Å². The summed E-state index contributed by atoms with van der Waals surface area (Å²) in [4.78, 5) is 0. The number of hydrogen-bond acceptors (Lipinski definition) is 2. The smallest absolute Gasteiger partial charge is 0.0923 e. The van der Waals surface area contributed by atoms with Gasteiger partial charge < -0.3 is 10.1 Å². The second-order valence-electron chi connectivity index (χ2n) is 2.33. The van der Waals surface area contributed by atoms with Gasteiger partial charge in [-0.1, -0.05) is 12.8 Å². The van der Waals surface area contributed by atoms with E-state index in [1.165, 1.54) is 0 Å². The third-order valence-corrected chi connectivity index (χ3v) is 1.33. The van der Waals surface area contributed by atoms with Crippen molar-refractivity contribution in [1.82, 2.24) is 5.32 Å². The van der Waals surface area contributed by atoms with Crippen molar-refractivity contribution >= 4 is 0 Å². The minimum absolute atomic E-state index is 0.0786. The van der Waals surface area contributed by atoms with Gasteiger partial charge in [-0.2, -0.15) is 0 Å². The lowest BCUT2D eigenvalue weighted by Gasteiger charge is -2.11. The first-order valence-corrected chi connectivity index (χ1v) is 4.12. The molecule has 64 valence electrons. The summed E-state index contributed by atoms with van der Waals surface area (Å²) >= 11 is 0. The van der Waals surface area contributed by atoms with Crippen LogP contribution in [0.25, 0.3) is 0 Å². The van der Waals surface area contributed by atoms with Crippen LogP contribution in [0.1, 0.15) is 20.3 Å². The number of rotatable bonds is 6. The molecule has 1 atom stereocenters. The molecule has 0 aromatic heterocycles. The summed E-state index contributed by atoms with van der Waals surface area (Å²) in [5.41, 5.74) is 0. The molecule has 11 heavy (non-hydrogen) atoms. The molecule has 0 fully saturated rings. The van der Waals surface area contributed by atoms with E-state index in [0.29, 0.717) is 6.61 Å². The summed E-state index contributed by atoms with van der Waals surface area (Å²) in [6.07, 6.45) is 6.36. The molecule has 2 heteroatoms. The molecule has 0 aromatic carbocycles. The van der Waals surface area contributed by atoms with Gasteiger partial charge in [-0.15, -0.1) is 6.42 Å². The summed E-state index contributed by atoms with van der Waals surface area (Å²) in [6.45, 7) is 6.38. The van der Waals surface area contributed by atoms with Crippen LogP contribution in [0, 0.1) is 12.3 Å². The summed E-state index contributed by atoms with van der Waals surface area (Å²) < 4.78 is 5.18. The van der Waals surface area contributed by atoms with Gasteiger partial charge in [0.15, 0.2) is 0 Å². The van der Waals surface area contributed by atoms with E-state index in [9.17, 15) is 0 Å². The Labute approximate surface area is 69.3 Å². The normalized spacial score (nSPS) is 12.5. The Bertz CT molecular complexity index is 109. The van der Waals surface area contributed by atoms with Gasteiger partial charge in [-0.25, -0.2) is 0 Å². The van der Waals surface area contributed by atoms with Crippen molar-refractivity contribution in [2.24, 2.45) is 0 Å². The molecule has 0 saturated heterocycles. The van der Waals surface area contributed by atoms with Crippen LogP contribution in [0.15, 0.2) is 0 Å². The SMILES string of the molecule is C#CC(COCC)NCCC. The van der Waals surface area contributed by atoms with Crippen LogP contribution >= 0.6 is 0 Å². The standard InChI is InChI=1S/C9H17NO/c1-4-7-10-9(5-2)8-11-6-3/h2,9-10H,4,6-8H2,1,3H3. The van der Waals surface area contributed by atoms with E-state index in [0.717, 1.165) is 19.6 Å². The summed E-state index contributed by atoms with van der Waals surface area (Å²) in [6, 6.07) is 0.0786. The van der Waals surface area contributed by atoms with Gasteiger partial charge >= 0.3 is 0 Å². The van der Waals surface area contributed by atoms with Crippen molar-refractivity contribution in [2.75, 3.05) is 19.8 Å². The van der Waals surface area contributed by atoms with E-state index in [1.54, 1.807) is 0 Å². The first kappa shape index (κ1) is 10.5. The van der Waals surface area contributed by atoms with Crippen molar-refractivity contribution in [2.45, 2.75) is 26.3 Å². The molecule has 0 amide bonds. The van der Waals surface area contributed by atoms with Gasteiger partial charge in [0, 0.05) is 6.61 Å². The molecule has 0 heterocycles. The molecule has 0 aliphatic rings. The van der Waals surface area contributed by atoms with E-state index in [4.69, 9.17) is 11.2 Å². The maximum Gasteiger partial charge on any atom is 0.0923 e. The van der Waals surface area contributed by atoms with Crippen LogP contribution in [0.4, 0.5) is 0 Å². The summed E-state index contributed by atoms with van der Waals surface area (Å²) in [5.74, 6) is 2.64. The number of terminal acetylenes is 1. The van der Waals surface area contributed by atoms with Crippen molar-refractivity contribution < 1.29 is 4.74 Å². The Hall–Kier alpha value is -0.520. The fourth-order valence-electron chi connectivity index (χ4n) is 0.720. The number of ether oxygens (including phenoxy) is 1.